The lowest BCUT2D eigenvalue weighted by molar-refractivity contribution is 0.638. The molecular formula is C27H48. The lowest BCUT2D eigenvalue weighted by Crippen LogP contribution is -1.90. The molecule has 0 aromatic rings. The van der Waals surface area contributed by atoms with Crippen molar-refractivity contribution >= 4 is 0 Å². The van der Waals surface area contributed by atoms with E-state index >= 15 is 0 Å². The molecule has 0 heteroatoms. The Morgan fingerprint density at radius 1 is 0.778 bits per heavy atom. The third kappa shape index (κ3) is 15.5. The minimum Gasteiger partial charge on any atom is -0.106 e. The zero-order valence-electron chi connectivity index (χ0n) is 19.7. The molecule has 0 saturated carbocycles. The van der Waals surface area contributed by atoms with E-state index in [9.17, 15) is 0 Å². The highest BCUT2D eigenvalue weighted by Crippen LogP contribution is 2.22. The van der Waals surface area contributed by atoms with Gasteiger partial charge in [0.05, 0.1) is 0 Å². The normalized spacial score (nSPS) is 12.9. The Bertz CT molecular complexity index is 478. The van der Waals surface area contributed by atoms with Crippen molar-refractivity contribution in [3.8, 4) is 0 Å². The highest BCUT2D eigenvalue weighted by molar-refractivity contribution is 5.29. The van der Waals surface area contributed by atoms with Crippen LogP contribution in [0, 0.1) is 0 Å². The smallest absolute Gasteiger partial charge is 0.0279 e. The molecule has 0 bridgehead atoms. The van der Waals surface area contributed by atoms with Crippen LogP contribution < -0.4 is 0 Å². The van der Waals surface area contributed by atoms with Crippen LogP contribution >= 0.6 is 0 Å². The molecule has 0 amide bonds. The molecule has 27 heavy (non-hydrogen) atoms. The molecule has 0 unspecified atom stereocenters. The summed E-state index contributed by atoms with van der Waals surface area (Å²) in [7, 11) is 0. The fraction of sp³-hybridized carbons (Fsp3) is 0.630. The van der Waals surface area contributed by atoms with Gasteiger partial charge in [-0.25, -0.2) is 0 Å². The van der Waals surface area contributed by atoms with Gasteiger partial charge >= 0.3 is 0 Å². The van der Waals surface area contributed by atoms with Gasteiger partial charge in [0.15, 0.2) is 0 Å². The van der Waals surface area contributed by atoms with E-state index in [-0.39, 0.29) is 0 Å². The Labute approximate surface area is 172 Å². The molecule has 0 aromatic heterocycles. The van der Waals surface area contributed by atoms with E-state index in [1.54, 1.807) is 16.7 Å². The van der Waals surface area contributed by atoms with Gasteiger partial charge in [0.1, 0.15) is 0 Å². The summed E-state index contributed by atoms with van der Waals surface area (Å²) in [6.07, 6.45) is 19.9. The van der Waals surface area contributed by atoms with Gasteiger partial charge in [0, 0.05) is 0 Å². The highest BCUT2D eigenvalue weighted by atomic mass is 14.1. The molecule has 0 saturated heterocycles. The van der Waals surface area contributed by atoms with Gasteiger partial charge in [-0.1, -0.05) is 75.0 Å². The fourth-order valence-corrected chi connectivity index (χ4v) is 3.17. The van der Waals surface area contributed by atoms with Gasteiger partial charge in [-0.05, 0) is 83.8 Å². The molecular weight excluding hydrogens is 324 g/mol. The summed E-state index contributed by atoms with van der Waals surface area (Å²) in [5.74, 6) is 0. The maximum absolute atomic E-state index is 3.00. The molecule has 156 valence electrons. The maximum atomic E-state index is 3.00. The molecule has 0 heterocycles. The van der Waals surface area contributed by atoms with E-state index in [0.717, 1.165) is 6.42 Å². The Balaban J connectivity index is 0. The summed E-state index contributed by atoms with van der Waals surface area (Å²) < 4.78 is 0. The van der Waals surface area contributed by atoms with Crippen molar-refractivity contribution in [3.63, 3.8) is 0 Å². The minimum absolute atomic E-state index is 1.15. The predicted octanol–water partition coefficient (Wildman–Crippen LogP) is 9.90. The average molecular weight is 373 g/mol. The van der Waals surface area contributed by atoms with Crippen molar-refractivity contribution in [1.82, 2.24) is 0 Å². The zero-order valence-corrected chi connectivity index (χ0v) is 19.7. The molecule has 0 aliphatic rings. The van der Waals surface area contributed by atoms with Gasteiger partial charge in [0.25, 0.3) is 0 Å². The van der Waals surface area contributed by atoms with Crippen LogP contribution in [0.3, 0.4) is 0 Å². The minimum atomic E-state index is 1.15. The lowest BCUT2D eigenvalue weighted by Gasteiger charge is -2.10. The predicted molar refractivity (Wildman–Crippen MR) is 128 cm³/mol. The van der Waals surface area contributed by atoms with Gasteiger partial charge in [-0.15, -0.1) is 13.2 Å². The molecule has 0 N–H and O–H groups in total. The van der Waals surface area contributed by atoms with Crippen molar-refractivity contribution in [3.05, 3.63) is 59.3 Å². The van der Waals surface area contributed by atoms with Crippen LogP contribution in [0.15, 0.2) is 59.3 Å². The van der Waals surface area contributed by atoms with E-state index in [0.29, 0.717) is 0 Å². The monoisotopic (exact) mass is 372 g/mol. The fourth-order valence-electron chi connectivity index (χ4n) is 3.17. The first-order chi connectivity index (χ1) is 13.0. The Morgan fingerprint density at radius 3 is 1.85 bits per heavy atom. The van der Waals surface area contributed by atoms with Crippen LogP contribution in [0.1, 0.15) is 113 Å². The second-order valence-corrected chi connectivity index (χ2v) is 7.61. The number of unbranched alkanes of at least 4 members (excludes halogenated alkanes) is 4. The Hall–Kier alpha value is -1.30. The van der Waals surface area contributed by atoms with Gasteiger partial charge in [0.2, 0.25) is 0 Å². The first kappa shape index (κ1) is 27.9. The number of hydrogen-bond acceptors (Lipinski definition) is 0. The van der Waals surface area contributed by atoms with E-state index in [1.165, 1.54) is 68.9 Å². The van der Waals surface area contributed by atoms with E-state index in [1.807, 2.05) is 0 Å². The lowest BCUT2D eigenvalue weighted by atomic mass is 9.96. The van der Waals surface area contributed by atoms with Crippen molar-refractivity contribution < 1.29 is 0 Å². The second kappa shape index (κ2) is 19.5. The molecule has 0 aromatic carbocycles. The van der Waals surface area contributed by atoms with Gasteiger partial charge < -0.3 is 0 Å². The summed E-state index contributed by atoms with van der Waals surface area (Å²) in [6.45, 7) is 21.8. The van der Waals surface area contributed by atoms with Crippen LogP contribution in [-0.4, -0.2) is 0 Å². The Kier molecular flexibility index (Phi) is 20.1. The number of allylic oxidation sites excluding steroid dienone is 8. The molecule has 0 rings (SSSR count). The summed E-state index contributed by atoms with van der Waals surface area (Å²) in [6, 6.07) is 0. The number of rotatable bonds is 13. The van der Waals surface area contributed by atoms with Gasteiger partial charge in [-0.2, -0.15) is 0 Å². The first-order valence-electron chi connectivity index (χ1n) is 11.2. The number of hydrogen-bond donors (Lipinski definition) is 0. The van der Waals surface area contributed by atoms with E-state index in [2.05, 4.69) is 79.9 Å². The van der Waals surface area contributed by atoms with Crippen LogP contribution in [0.2, 0.25) is 0 Å². The molecule has 0 fully saturated rings. The molecule has 0 radical (unpaired) electrons. The summed E-state index contributed by atoms with van der Waals surface area (Å²) >= 11 is 0. The van der Waals surface area contributed by atoms with E-state index < -0.39 is 0 Å². The van der Waals surface area contributed by atoms with Gasteiger partial charge in [-0.3, -0.25) is 0 Å². The van der Waals surface area contributed by atoms with E-state index in [4.69, 9.17) is 0 Å². The van der Waals surface area contributed by atoms with Crippen molar-refractivity contribution in [1.29, 1.82) is 0 Å². The molecule has 0 atom stereocenters. The Morgan fingerprint density at radius 2 is 1.37 bits per heavy atom. The third-order valence-corrected chi connectivity index (χ3v) is 4.88. The van der Waals surface area contributed by atoms with Crippen molar-refractivity contribution in [2.75, 3.05) is 0 Å². The van der Waals surface area contributed by atoms with Crippen LogP contribution in [0.25, 0.3) is 0 Å². The third-order valence-electron chi connectivity index (χ3n) is 4.88. The largest absolute Gasteiger partial charge is 0.106 e. The standard InChI is InChI=1S/C25H44.C2H4/c1-8-11-17-23(7)24(16-9-2)18-14-12-13-15-19-25(20-21(4)5)22(6)10-3;1-2/h16-17,20H,8-15,18-19H2,1-7H3;1-2H2/b23-17-,24-16-,25-22-;. The average Bonchev–Trinajstić information content (AvgIpc) is 2.67. The second-order valence-electron chi connectivity index (χ2n) is 7.61. The summed E-state index contributed by atoms with van der Waals surface area (Å²) in [5, 5.41) is 0. The molecule has 0 aliphatic heterocycles. The van der Waals surface area contributed by atoms with Crippen LogP contribution in [0.5, 0.6) is 0 Å². The molecule has 0 spiro atoms. The molecule has 0 aliphatic carbocycles. The van der Waals surface area contributed by atoms with Crippen molar-refractivity contribution in [2.24, 2.45) is 0 Å². The molecule has 0 nitrogen and oxygen atoms in total. The summed E-state index contributed by atoms with van der Waals surface area (Å²) in [4.78, 5) is 0. The topological polar surface area (TPSA) is 0 Å². The zero-order chi connectivity index (χ0) is 21.1. The quantitative estimate of drug-likeness (QED) is 0.171. The van der Waals surface area contributed by atoms with Crippen LogP contribution in [-0.2, 0) is 0 Å². The SMILES string of the molecule is C=C.CC/C=C(CCCCCC/C(C=C(C)C)=C(\C)CC)\C(C)=C/CCC. The highest BCUT2D eigenvalue weighted by Gasteiger charge is 2.02. The first-order valence-corrected chi connectivity index (χ1v) is 11.2. The maximum Gasteiger partial charge on any atom is -0.0279 e. The van der Waals surface area contributed by atoms with Crippen LogP contribution in [0.4, 0.5) is 0 Å². The summed E-state index contributed by atoms with van der Waals surface area (Å²) in [5.41, 5.74) is 7.66. The van der Waals surface area contributed by atoms with Crippen molar-refractivity contribution in [2.45, 2.75) is 113 Å².